The van der Waals surface area contributed by atoms with Crippen LogP contribution in [0.2, 0.25) is 0 Å². The highest BCUT2D eigenvalue weighted by Gasteiger charge is 2.12. The number of aromatic nitrogens is 2. The van der Waals surface area contributed by atoms with E-state index in [1.54, 1.807) is 0 Å². The SMILES string of the molecule is CCOc1ccc(-c2noc(CCC(=O)NCCCN3CCNCC3)n2)cc1.Cl. The normalized spacial score (nSPS) is 14.2. The standard InChI is InChI=1S/C20H29N5O3.ClH/c1-2-27-17-6-4-16(5-7-17)20-23-19(28-24-20)9-8-18(26)22-10-3-13-25-14-11-21-12-15-25;/h4-7,21H,2-3,8-15H2,1H3,(H,22,26);1H. The highest BCUT2D eigenvalue weighted by Crippen LogP contribution is 2.20. The van der Waals surface area contributed by atoms with Crippen molar-refractivity contribution < 1.29 is 14.1 Å². The van der Waals surface area contributed by atoms with Crippen LogP contribution in [0.1, 0.15) is 25.7 Å². The molecule has 1 saturated heterocycles. The maximum Gasteiger partial charge on any atom is 0.227 e. The molecule has 160 valence electrons. The molecule has 0 spiro atoms. The fourth-order valence-corrected chi connectivity index (χ4v) is 3.11. The number of carbonyl (C=O) groups is 1. The van der Waals surface area contributed by atoms with Crippen molar-refractivity contribution in [3.63, 3.8) is 0 Å². The molecule has 1 aromatic heterocycles. The molecule has 9 heteroatoms. The first-order valence-corrected chi connectivity index (χ1v) is 10.00. The molecule has 0 radical (unpaired) electrons. The summed E-state index contributed by atoms with van der Waals surface area (Å²) in [4.78, 5) is 18.8. The zero-order chi connectivity index (χ0) is 19.6. The summed E-state index contributed by atoms with van der Waals surface area (Å²) in [6, 6.07) is 7.54. The molecule has 8 nitrogen and oxygen atoms in total. The Morgan fingerprint density at radius 1 is 1.28 bits per heavy atom. The lowest BCUT2D eigenvalue weighted by molar-refractivity contribution is -0.121. The molecule has 1 fully saturated rings. The maximum atomic E-state index is 12.0. The molecule has 0 unspecified atom stereocenters. The Balaban J connectivity index is 0.00000300. The summed E-state index contributed by atoms with van der Waals surface area (Å²) in [6.45, 7) is 8.57. The van der Waals surface area contributed by atoms with Gasteiger partial charge in [-0.2, -0.15) is 4.98 Å². The lowest BCUT2D eigenvalue weighted by Crippen LogP contribution is -2.44. The van der Waals surface area contributed by atoms with Crippen LogP contribution in [0.3, 0.4) is 0 Å². The van der Waals surface area contributed by atoms with E-state index in [2.05, 4.69) is 25.7 Å². The zero-order valence-electron chi connectivity index (χ0n) is 16.9. The van der Waals surface area contributed by atoms with Crippen molar-refractivity contribution in [1.82, 2.24) is 25.7 Å². The number of piperazine rings is 1. The molecule has 1 aliphatic heterocycles. The largest absolute Gasteiger partial charge is 0.494 e. The van der Waals surface area contributed by atoms with Crippen molar-refractivity contribution in [1.29, 1.82) is 0 Å². The summed E-state index contributed by atoms with van der Waals surface area (Å²) in [5.41, 5.74) is 0.857. The van der Waals surface area contributed by atoms with Gasteiger partial charge in [0.25, 0.3) is 0 Å². The number of benzene rings is 1. The van der Waals surface area contributed by atoms with Crippen LogP contribution in [0.4, 0.5) is 0 Å². The van der Waals surface area contributed by atoms with Gasteiger partial charge in [-0.25, -0.2) is 0 Å². The Bertz CT molecular complexity index is 732. The molecular formula is C20H30ClN5O3. The second-order valence-corrected chi connectivity index (χ2v) is 6.76. The summed E-state index contributed by atoms with van der Waals surface area (Å²) in [6.07, 6.45) is 1.75. The van der Waals surface area contributed by atoms with Gasteiger partial charge in [-0.15, -0.1) is 12.4 Å². The van der Waals surface area contributed by atoms with E-state index in [0.29, 0.717) is 37.7 Å². The summed E-state index contributed by atoms with van der Waals surface area (Å²) in [7, 11) is 0. The molecule has 2 N–H and O–H groups in total. The Kier molecular flexibility index (Phi) is 9.90. The molecule has 1 amide bonds. The van der Waals surface area contributed by atoms with Crippen molar-refractivity contribution in [2.24, 2.45) is 0 Å². The van der Waals surface area contributed by atoms with Gasteiger partial charge in [0.2, 0.25) is 17.6 Å². The Hall–Kier alpha value is -2.16. The molecule has 1 aromatic carbocycles. The van der Waals surface area contributed by atoms with E-state index in [-0.39, 0.29) is 18.3 Å². The van der Waals surface area contributed by atoms with Crippen LogP contribution in [0.25, 0.3) is 11.4 Å². The number of rotatable bonds is 10. The molecule has 2 aromatic rings. The molecule has 29 heavy (non-hydrogen) atoms. The lowest BCUT2D eigenvalue weighted by atomic mass is 10.2. The maximum absolute atomic E-state index is 12.0. The molecule has 0 saturated carbocycles. The van der Waals surface area contributed by atoms with Crippen LogP contribution < -0.4 is 15.4 Å². The number of nitrogens with one attached hydrogen (secondary N) is 2. The summed E-state index contributed by atoms with van der Waals surface area (Å²) < 4.78 is 10.7. The molecule has 3 rings (SSSR count). The third-order valence-electron chi connectivity index (χ3n) is 4.64. The van der Waals surface area contributed by atoms with Crippen molar-refractivity contribution in [3.8, 4) is 17.1 Å². The molecule has 2 heterocycles. The number of hydrogen-bond acceptors (Lipinski definition) is 7. The number of ether oxygens (including phenoxy) is 1. The summed E-state index contributed by atoms with van der Waals surface area (Å²) in [5.74, 6) is 1.82. The highest BCUT2D eigenvalue weighted by atomic mass is 35.5. The van der Waals surface area contributed by atoms with Gasteiger partial charge in [0.05, 0.1) is 6.61 Å². The lowest BCUT2D eigenvalue weighted by Gasteiger charge is -2.27. The van der Waals surface area contributed by atoms with E-state index in [1.165, 1.54) is 0 Å². The highest BCUT2D eigenvalue weighted by molar-refractivity contribution is 5.85. The smallest absolute Gasteiger partial charge is 0.227 e. The van der Waals surface area contributed by atoms with E-state index in [4.69, 9.17) is 9.26 Å². The third kappa shape index (κ3) is 7.64. The zero-order valence-corrected chi connectivity index (χ0v) is 17.7. The number of hydrogen-bond donors (Lipinski definition) is 2. The predicted octanol–water partition coefficient (Wildman–Crippen LogP) is 1.90. The first kappa shape index (κ1) is 23.1. The van der Waals surface area contributed by atoms with Gasteiger partial charge in [-0.3, -0.25) is 4.79 Å². The molecule has 0 bridgehead atoms. The second kappa shape index (κ2) is 12.4. The number of halogens is 1. The quantitative estimate of drug-likeness (QED) is 0.564. The van der Waals surface area contributed by atoms with E-state index < -0.39 is 0 Å². The van der Waals surface area contributed by atoms with Gasteiger partial charge in [0.15, 0.2) is 0 Å². The van der Waals surface area contributed by atoms with Gasteiger partial charge in [-0.05, 0) is 44.2 Å². The van der Waals surface area contributed by atoms with Crippen LogP contribution in [-0.4, -0.2) is 66.8 Å². The van der Waals surface area contributed by atoms with Crippen molar-refractivity contribution >= 4 is 18.3 Å². The molecule has 0 aliphatic carbocycles. The van der Waals surface area contributed by atoms with Gasteiger partial charge >= 0.3 is 0 Å². The Labute approximate surface area is 177 Å². The van der Waals surface area contributed by atoms with Crippen LogP contribution in [0.5, 0.6) is 5.75 Å². The number of carbonyl (C=O) groups excluding carboxylic acids is 1. The molecular weight excluding hydrogens is 394 g/mol. The van der Waals surface area contributed by atoms with E-state index in [0.717, 1.165) is 50.5 Å². The average Bonchev–Trinajstić information content (AvgIpc) is 3.20. The number of amides is 1. The number of nitrogens with zero attached hydrogens (tertiary/aromatic N) is 3. The Morgan fingerprint density at radius 3 is 2.76 bits per heavy atom. The topological polar surface area (TPSA) is 92.5 Å². The van der Waals surface area contributed by atoms with Crippen LogP contribution in [0, 0.1) is 0 Å². The van der Waals surface area contributed by atoms with Gasteiger partial charge < -0.3 is 24.8 Å². The number of aryl methyl sites for hydroxylation is 1. The first-order chi connectivity index (χ1) is 13.7. The third-order valence-corrected chi connectivity index (χ3v) is 4.64. The summed E-state index contributed by atoms with van der Waals surface area (Å²) in [5, 5.41) is 10.3. The fraction of sp³-hybridized carbons (Fsp3) is 0.550. The van der Waals surface area contributed by atoms with E-state index in [9.17, 15) is 4.79 Å². The van der Waals surface area contributed by atoms with Crippen LogP contribution in [-0.2, 0) is 11.2 Å². The van der Waals surface area contributed by atoms with E-state index >= 15 is 0 Å². The second-order valence-electron chi connectivity index (χ2n) is 6.76. The van der Waals surface area contributed by atoms with E-state index in [1.807, 2.05) is 31.2 Å². The van der Waals surface area contributed by atoms with Crippen molar-refractivity contribution in [3.05, 3.63) is 30.2 Å². The summed E-state index contributed by atoms with van der Waals surface area (Å²) >= 11 is 0. The van der Waals surface area contributed by atoms with Gasteiger partial charge in [0.1, 0.15) is 5.75 Å². The fourth-order valence-electron chi connectivity index (χ4n) is 3.11. The van der Waals surface area contributed by atoms with Crippen LogP contribution >= 0.6 is 12.4 Å². The minimum absolute atomic E-state index is 0. The molecule has 1 aliphatic rings. The average molecular weight is 424 g/mol. The first-order valence-electron chi connectivity index (χ1n) is 10.00. The predicted molar refractivity (Wildman–Crippen MR) is 113 cm³/mol. The minimum Gasteiger partial charge on any atom is -0.494 e. The molecule has 0 atom stereocenters. The minimum atomic E-state index is 0. The monoisotopic (exact) mass is 423 g/mol. The van der Waals surface area contributed by atoms with Crippen LogP contribution in [0.15, 0.2) is 28.8 Å². The van der Waals surface area contributed by atoms with Gasteiger partial charge in [-0.1, -0.05) is 5.16 Å². The van der Waals surface area contributed by atoms with Crippen molar-refractivity contribution in [2.75, 3.05) is 45.9 Å². The van der Waals surface area contributed by atoms with Gasteiger partial charge in [0, 0.05) is 51.1 Å². The van der Waals surface area contributed by atoms with Crippen molar-refractivity contribution in [2.45, 2.75) is 26.2 Å². The Morgan fingerprint density at radius 2 is 2.03 bits per heavy atom.